The van der Waals surface area contributed by atoms with Crippen LogP contribution < -0.4 is 4.74 Å². The van der Waals surface area contributed by atoms with E-state index >= 15 is 0 Å². The van der Waals surface area contributed by atoms with E-state index in [0.29, 0.717) is 18.5 Å². The lowest BCUT2D eigenvalue weighted by atomic mass is 10.2. The minimum absolute atomic E-state index is 0.539. The molecular weight excluding hydrogens is 267 g/mol. The fourth-order valence-electron chi connectivity index (χ4n) is 1.04. The van der Waals surface area contributed by atoms with E-state index in [4.69, 9.17) is 21.1 Å². The molecule has 0 fully saturated rings. The Balaban J connectivity index is 2.70. The molecule has 0 heterocycles. The predicted molar refractivity (Wildman–Crippen MR) is 61.5 cm³/mol. The number of alkyl halides is 1. The molecule has 0 aliphatic heterocycles. The van der Waals surface area contributed by atoms with Gasteiger partial charge in [-0.3, -0.25) is 0 Å². The van der Waals surface area contributed by atoms with Gasteiger partial charge >= 0.3 is 0 Å². The van der Waals surface area contributed by atoms with Gasteiger partial charge in [0.25, 0.3) is 0 Å². The van der Waals surface area contributed by atoms with Gasteiger partial charge in [-0.2, -0.15) is 0 Å². The van der Waals surface area contributed by atoms with Crippen LogP contribution in [-0.4, -0.2) is 20.3 Å². The Hall–Kier alpha value is -0.250. The second-order valence-electron chi connectivity index (χ2n) is 2.69. The number of hydrogen-bond donors (Lipinski definition) is 0. The topological polar surface area (TPSA) is 18.5 Å². The number of hydrogen-bond acceptors (Lipinski definition) is 2. The van der Waals surface area contributed by atoms with E-state index in [-0.39, 0.29) is 0 Å². The van der Waals surface area contributed by atoms with Crippen LogP contribution in [0.3, 0.4) is 0 Å². The maximum absolute atomic E-state index is 6.00. The molecular formula is C10H12BrClO2. The summed E-state index contributed by atoms with van der Waals surface area (Å²) in [5.41, 5.74) is 0.977. The summed E-state index contributed by atoms with van der Waals surface area (Å²) in [4.78, 5) is 0. The summed E-state index contributed by atoms with van der Waals surface area (Å²) < 4.78 is 10.4. The first-order chi connectivity index (χ1) is 6.79. The Kier molecular flexibility index (Phi) is 5.30. The first-order valence-corrected chi connectivity index (χ1v) is 5.74. The minimum atomic E-state index is 0.539. The van der Waals surface area contributed by atoms with Crippen molar-refractivity contribution in [2.45, 2.75) is 5.33 Å². The van der Waals surface area contributed by atoms with E-state index in [1.54, 1.807) is 7.11 Å². The molecule has 0 atom stereocenters. The number of ether oxygens (including phenoxy) is 2. The fourth-order valence-corrected chi connectivity index (χ4v) is 2.01. The summed E-state index contributed by atoms with van der Waals surface area (Å²) in [6.45, 7) is 1.12. The third-order valence-corrected chi connectivity index (χ3v) is 2.67. The molecule has 1 aromatic carbocycles. The Morgan fingerprint density at radius 2 is 2.14 bits per heavy atom. The number of methoxy groups -OCH3 is 1. The van der Waals surface area contributed by atoms with Crippen molar-refractivity contribution in [2.24, 2.45) is 0 Å². The molecule has 1 aromatic rings. The number of benzene rings is 1. The predicted octanol–water partition coefficient (Wildman–Crippen LogP) is 3.26. The van der Waals surface area contributed by atoms with Crippen molar-refractivity contribution in [3.05, 3.63) is 28.8 Å². The van der Waals surface area contributed by atoms with Gasteiger partial charge in [0.2, 0.25) is 0 Å². The zero-order valence-corrected chi connectivity index (χ0v) is 10.3. The molecule has 0 radical (unpaired) electrons. The van der Waals surface area contributed by atoms with Crippen LogP contribution >= 0.6 is 27.5 Å². The van der Waals surface area contributed by atoms with Gasteiger partial charge in [-0.25, -0.2) is 0 Å². The van der Waals surface area contributed by atoms with Gasteiger partial charge in [0.1, 0.15) is 12.4 Å². The Labute approximate surface area is 97.3 Å². The molecule has 0 bridgehead atoms. The highest BCUT2D eigenvalue weighted by molar-refractivity contribution is 9.08. The zero-order chi connectivity index (χ0) is 10.4. The van der Waals surface area contributed by atoms with Crippen molar-refractivity contribution < 1.29 is 9.47 Å². The van der Waals surface area contributed by atoms with Crippen molar-refractivity contribution >= 4 is 27.5 Å². The van der Waals surface area contributed by atoms with Crippen LogP contribution in [-0.2, 0) is 10.1 Å². The van der Waals surface area contributed by atoms with Crippen LogP contribution in [0.4, 0.5) is 0 Å². The molecule has 0 spiro atoms. The standard InChI is InChI=1S/C10H12BrClO2/c1-13-5-6-14-10-4-2-3-9(12)8(10)7-11/h2-4H,5-7H2,1H3. The van der Waals surface area contributed by atoms with E-state index in [0.717, 1.165) is 16.3 Å². The molecule has 0 aromatic heterocycles. The second-order valence-corrected chi connectivity index (χ2v) is 3.66. The Bertz CT molecular complexity index is 291. The van der Waals surface area contributed by atoms with E-state index in [9.17, 15) is 0 Å². The van der Waals surface area contributed by atoms with Gasteiger partial charge in [-0.05, 0) is 12.1 Å². The third-order valence-electron chi connectivity index (χ3n) is 1.75. The highest BCUT2D eigenvalue weighted by Crippen LogP contribution is 2.28. The molecule has 78 valence electrons. The third kappa shape index (κ3) is 3.15. The van der Waals surface area contributed by atoms with Crippen molar-refractivity contribution in [1.29, 1.82) is 0 Å². The van der Waals surface area contributed by atoms with Crippen molar-refractivity contribution in [3.8, 4) is 5.75 Å². The minimum Gasteiger partial charge on any atom is -0.491 e. The van der Waals surface area contributed by atoms with Crippen LogP contribution in [0.5, 0.6) is 5.75 Å². The van der Waals surface area contributed by atoms with Crippen LogP contribution in [0, 0.1) is 0 Å². The largest absolute Gasteiger partial charge is 0.491 e. The number of halogens is 2. The zero-order valence-electron chi connectivity index (χ0n) is 7.93. The van der Waals surface area contributed by atoms with Gasteiger partial charge in [0, 0.05) is 23.0 Å². The monoisotopic (exact) mass is 278 g/mol. The summed E-state index contributed by atoms with van der Waals surface area (Å²) in [7, 11) is 1.65. The highest BCUT2D eigenvalue weighted by atomic mass is 79.9. The van der Waals surface area contributed by atoms with Gasteiger partial charge in [-0.1, -0.05) is 33.6 Å². The smallest absolute Gasteiger partial charge is 0.124 e. The van der Waals surface area contributed by atoms with Crippen molar-refractivity contribution in [1.82, 2.24) is 0 Å². The van der Waals surface area contributed by atoms with E-state index in [1.807, 2.05) is 18.2 Å². The van der Waals surface area contributed by atoms with E-state index < -0.39 is 0 Å². The molecule has 2 nitrogen and oxygen atoms in total. The van der Waals surface area contributed by atoms with Gasteiger partial charge in [0.05, 0.1) is 6.61 Å². The van der Waals surface area contributed by atoms with Crippen molar-refractivity contribution in [3.63, 3.8) is 0 Å². The average Bonchev–Trinajstić information content (AvgIpc) is 2.18. The summed E-state index contributed by atoms with van der Waals surface area (Å²) >= 11 is 9.37. The summed E-state index contributed by atoms with van der Waals surface area (Å²) in [6.07, 6.45) is 0. The van der Waals surface area contributed by atoms with Crippen LogP contribution in [0.25, 0.3) is 0 Å². The maximum atomic E-state index is 6.00. The fraction of sp³-hybridized carbons (Fsp3) is 0.400. The average molecular weight is 280 g/mol. The SMILES string of the molecule is COCCOc1cccc(Cl)c1CBr. The molecule has 14 heavy (non-hydrogen) atoms. The molecule has 0 saturated carbocycles. The molecule has 0 aliphatic rings. The van der Waals surface area contributed by atoms with Crippen LogP contribution in [0.15, 0.2) is 18.2 Å². The van der Waals surface area contributed by atoms with E-state index in [1.165, 1.54) is 0 Å². The molecule has 1 rings (SSSR count). The lowest BCUT2D eigenvalue weighted by Crippen LogP contribution is -2.05. The second kappa shape index (κ2) is 6.27. The molecule has 0 aliphatic carbocycles. The quantitative estimate of drug-likeness (QED) is 0.608. The number of rotatable bonds is 5. The Morgan fingerprint density at radius 1 is 1.36 bits per heavy atom. The highest BCUT2D eigenvalue weighted by Gasteiger charge is 2.05. The Morgan fingerprint density at radius 3 is 2.79 bits per heavy atom. The first-order valence-electron chi connectivity index (χ1n) is 4.24. The lowest BCUT2D eigenvalue weighted by Gasteiger charge is -2.10. The molecule has 0 amide bonds. The lowest BCUT2D eigenvalue weighted by molar-refractivity contribution is 0.146. The molecule has 0 unspecified atom stereocenters. The van der Waals surface area contributed by atoms with E-state index in [2.05, 4.69) is 15.9 Å². The van der Waals surface area contributed by atoms with Gasteiger partial charge in [-0.15, -0.1) is 0 Å². The van der Waals surface area contributed by atoms with Crippen LogP contribution in [0.1, 0.15) is 5.56 Å². The van der Waals surface area contributed by atoms with Crippen molar-refractivity contribution in [2.75, 3.05) is 20.3 Å². The first kappa shape index (κ1) is 11.8. The summed E-state index contributed by atoms with van der Waals surface area (Å²) in [6, 6.07) is 5.62. The van der Waals surface area contributed by atoms with Gasteiger partial charge in [0.15, 0.2) is 0 Å². The molecule has 0 saturated heterocycles. The molecule has 4 heteroatoms. The normalized spacial score (nSPS) is 10.2. The summed E-state index contributed by atoms with van der Waals surface area (Å²) in [5.74, 6) is 0.812. The van der Waals surface area contributed by atoms with Gasteiger partial charge < -0.3 is 9.47 Å². The summed E-state index contributed by atoms with van der Waals surface area (Å²) in [5, 5.41) is 1.41. The maximum Gasteiger partial charge on any atom is 0.124 e. The molecule has 0 N–H and O–H groups in total. The van der Waals surface area contributed by atoms with Crippen LogP contribution in [0.2, 0.25) is 5.02 Å².